The van der Waals surface area contributed by atoms with Gasteiger partial charge in [-0.15, -0.1) is 5.10 Å². The molecule has 0 saturated carbocycles. The number of benzene rings is 4. The minimum atomic E-state index is -4.20. The van der Waals surface area contributed by atoms with Crippen molar-refractivity contribution in [3.05, 3.63) is 119 Å². The van der Waals surface area contributed by atoms with Gasteiger partial charge in [-0.3, -0.25) is 4.39 Å². The van der Waals surface area contributed by atoms with Crippen LogP contribution in [0.15, 0.2) is 95.9 Å². The number of halogens is 3. The summed E-state index contributed by atoms with van der Waals surface area (Å²) in [6.45, 7) is 7.13. The molecule has 51 heavy (non-hydrogen) atoms. The Labute approximate surface area is 295 Å². The highest BCUT2D eigenvalue weighted by molar-refractivity contribution is 7.90. The van der Waals surface area contributed by atoms with Crippen LogP contribution in [-0.2, 0) is 27.7 Å². The number of nitrogens with zero attached hydrogens (tertiary/aromatic N) is 4. The Morgan fingerprint density at radius 1 is 0.902 bits per heavy atom. The second-order valence-corrected chi connectivity index (χ2v) is 15.2. The van der Waals surface area contributed by atoms with Crippen LogP contribution >= 0.6 is 0 Å². The van der Waals surface area contributed by atoms with E-state index in [1.165, 1.54) is 29.2 Å². The molecule has 0 aliphatic carbocycles. The molecular weight excluding hydrogens is 678 g/mol. The summed E-state index contributed by atoms with van der Waals surface area (Å²) in [5.41, 5.74) is 3.44. The van der Waals surface area contributed by atoms with E-state index >= 15 is 8.78 Å². The van der Waals surface area contributed by atoms with Crippen molar-refractivity contribution in [2.24, 2.45) is 0 Å². The van der Waals surface area contributed by atoms with E-state index < -0.39 is 40.2 Å². The molecule has 0 atom stereocenters. The van der Waals surface area contributed by atoms with E-state index in [1.807, 2.05) is 35.8 Å². The molecule has 12 heteroatoms. The first-order valence-electron chi connectivity index (χ1n) is 16.7. The number of rotatable bonds is 11. The standard InChI is InChI=1S/C39H39F3N4O4S/c1-26-11-8-9-14-30(26)35-24-31-33(17-18-34-36(31)37(42)43-46(34)51(48,49)29-12-6-5-7-13-29)45(35)25-28-16-15-27(23-32(28)41)19-22-44(21-10-20-40)38(47)50-39(2,3)4/h5-9,11-18,23-24H,10,19-22,25H2,1-4H3. The summed E-state index contributed by atoms with van der Waals surface area (Å²) in [5, 5.41) is 4.32. The number of alkyl halides is 1. The normalized spacial score (nSPS) is 12.1. The van der Waals surface area contributed by atoms with Gasteiger partial charge in [0.15, 0.2) is 0 Å². The highest BCUT2D eigenvalue weighted by Gasteiger charge is 2.27. The van der Waals surface area contributed by atoms with Gasteiger partial charge in [0.2, 0.25) is 5.95 Å². The van der Waals surface area contributed by atoms with E-state index in [9.17, 15) is 17.6 Å². The fraction of sp³-hybridized carbons (Fsp3) is 0.282. The average molecular weight is 717 g/mol. The van der Waals surface area contributed by atoms with Crippen LogP contribution in [0.3, 0.4) is 0 Å². The molecule has 6 rings (SSSR count). The molecule has 0 radical (unpaired) electrons. The monoisotopic (exact) mass is 716 g/mol. The SMILES string of the molecule is Cc1ccccc1-c1cc2c3c(F)nn(S(=O)(=O)c4ccccc4)c3ccc2n1Cc1ccc(CCN(CCCF)C(=O)OC(C)(C)C)cc1F. The minimum absolute atomic E-state index is 0.0242. The second-order valence-electron chi connectivity index (χ2n) is 13.5. The van der Waals surface area contributed by atoms with Gasteiger partial charge in [-0.05, 0) is 88.1 Å². The van der Waals surface area contributed by atoms with Gasteiger partial charge in [-0.2, -0.15) is 16.9 Å². The van der Waals surface area contributed by atoms with Crippen molar-refractivity contribution in [3.63, 3.8) is 0 Å². The summed E-state index contributed by atoms with van der Waals surface area (Å²) in [5.74, 6) is -1.40. The molecule has 0 aliphatic heterocycles. The Kier molecular flexibility index (Phi) is 9.99. The van der Waals surface area contributed by atoms with E-state index in [-0.39, 0.29) is 41.9 Å². The Balaban J connectivity index is 1.37. The van der Waals surface area contributed by atoms with Gasteiger partial charge in [0.1, 0.15) is 11.4 Å². The van der Waals surface area contributed by atoms with Gasteiger partial charge in [0.05, 0.1) is 29.0 Å². The van der Waals surface area contributed by atoms with Gasteiger partial charge < -0.3 is 14.2 Å². The Hall–Kier alpha value is -5.10. The first-order valence-corrected chi connectivity index (χ1v) is 18.1. The summed E-state index contributed by atoms with van der Waals surface area (Å²) < 4.78 is 79.7. The third-order valence-corrected chi connectivity index (χ3v) is 10.3. The molecule has 0 unspecified atom stereocenters. The van der Waals surface area contributed by atoms with E-state index in [0.29, 0.717) is 34.1 Å². The number of carbonyl (C=O) groups excluding carboxylic acids is 1. The van der Waals surface area contributed by atoms with E-state index in [2.05, 4.69) is 5.10 Å². The predicted octanol–water partition coefficient (Wildman–Crippen LogP) is 8.67. The Bertz CT molecular complexity index is 2330. The van der Waals surface area contributed by atoms with E-state index in [1.54, 1.807) is 63.2 Å². The fourth-order valence-electron chi connectivity index (χ4n) is 6.19. The molecule has 2 aromatic heterocycles. The van der Waals surface area contributed by atoms with Gasteiger partial charge in [0, 0.05) is 40.8 Å². The van der Waals surface area contributed by atoms with Crippen molar-refractivity contribution in [1.82, 2.24) is 18.7 Å². The molecular formula is C39H39F3N4O4S. The Morgan fingerprint density at radius 3 is 2.29 bits per heavy atom. The van der Waals surface area contributed by atoms with E-state index in [0.717, 1.165) is 15.2 Å². The quantitative estimate of drug-likeness (QED) is 0.134. The minimum Gasteiger partial charge on any atom is -0.444 e. The van der Waals surface area contributed by atoms with Crippen LogP contribution in [0.25, 0.3) is 33.1 Å². The van der Waals surface area contributed by atoms with Crippen LogP contribution in [0.2, 0.25) is 0 Å². The third kappa shape index (κ3) is 7.37. The lowest BCUT2D eigenvalue weighted by Gasteiger charge is -2.27. The number of aryl methyl sites for hydroxylation is 1. The smallest absolute Gasteiger partial charge is 0.410 e. The maximum Gasteiger partial charge on any atom is 0.410 e. The molecule has 1 amide bonds. The number of hydrogen-bond donors (Lipinski definition) is 0. The molecule has 0 N–H and O–H groups in total. The zero-order chi connectivity index (χ0) is 36.5. The molecule has 2 heterocycles. The van der Waals surface area contributed by atoms with Crippen LogP contribution in [0.4, 0.5) is 18.0 Å². The topological polar surface area (TPSA) is 86.4 Å². The third-order valence-electron chi connectivity index (χ3n) is 8.67. The van der Waals surface area contributed by atoms with Crippen LogP contribution in [0.1, 0.15) is 43.9 Å². The molecule has 266 valence electrons. The summed E-state index contributed by atoms with van der Waals surface area (Å²) in [7, 11) is -4.20. The zero-order valence-corrected chi connectivity index (χ0v) is 29.7. The summed E-state index contributed by atoms with van der Waals surface area (Å²) in [4.78, 5) is 14.1. The maximum atomic E-state index is 15.9. The number of aromatic nitrogens is 3. The summed E-state index contributed by atoms with van der Waals surface area (Å²) in [6, 6.07) is 25.3. The van der Waals surface area contributed by atoms with Crippen LogP contribution in [0, 0.1) is 18.7 Å². The molecule has 0 spiro atoms. The van der Waals surface area contributed by atoms with Crippen LogP contribution in [-0.4, -0.2) is 58.5 Å². The molecule has 6 aromatic rings. The first kappa shape index (κ1) is 35.7. The van der Waals surface area contributed by atoms with Crippen molar-refractivity contribution in [2.45, 2.75) is 57.6 Å². The van der Waals surface area contributed by atoms with Crippen LogP contribution < -0.4 is 0 Å². The number of amides is 1. The van der Waals surface area contributed by atoms with Crippen molar-refractivity contribution < 1.29 is 31.1 Å². The van der Waals surface area contributed by atoms with Gasteiger partial charge in [-0.25, -0.2) is 9.18 Å². The largest absolute Gasteiger partial charge is 0.444 e. The van der Waals surface area contributed by atoms with Crippen LogP contribution in [0.5, 0.6) is 0 Å². The molecule has 0 fully saturated rings. The average Bonchev–Trinajstić information content (AvgIpc) is 3.63. The molecule has 0 aliphatic rings. The number of carbonyl (C=O) groups is 1. The Morgan fingerprint density at radius 2 is 1.61 bits per heavy atom. The molecule has 0 saturated heterocycles. The van der Waals surface area contributed by atoms with Gasteiger partial charge in [0.25, 0.3) is 10.0 Å². The number of hydrogen-bond acceptors (Lipinski definition) is 5. The first-order chi connectivity index (χ1) is 24.3. The lowest BCUT2D eigenvalue weighted by molar-refractivity contribution is 0.0247. The highest BCUT2D eigenvalue weighted by atomic mass is 32.2. The number of ether oxygens (including phenoxy) is 1. The lowest BCUT2D eigenvalue weighted by Crippen LogP contribution is -2.38. The molecule has 0 bridgehead atoms. The van der Waals surface area contributed by atoms with Crippen molar-refractivity contribution in [1.29, 1.82) is 0 Å². The van der Waals surface area contributed by atoms with E-state index in [4.69, 9.17) is 4.74 Å². The lowest BCUT2D eigenvalue weighted by atomic mass is 10.0. The van der Waals surface area contributed by atoms with Gasteiger partial charge >= 0.3 is 6.09 Å². The van der Waals surface area contributed by atoms with Crippen molar-refractivity contribution in [3.8, 4) is 11.3 Å². The zero-order valence-electron chi connectivity index (χ0n) is 28.9. The summed E-state index contributed by atoms with van der Waals surface area (Å²) in [6.07, 6.45) is -0.0537. The summed E-state index contributed by atoms with van der Waals surface area (Å²) >= 11 is 0. The fourth-order valence-corrected chi connectivity index (χ4v) is 7.48. The number of fused-ring (bicyclic) bond motifs is 3. The highest BCUT2D eigenvalue weighted by Crippen LogP contribution is 2.37. The van der Waals surface area contributed by atoms with Gasteiger partial charge in [-0.1, -0.05) is 54.6 Å². The molecule has 8 nitrogen and oxygen atoms in total. The second kappa shape index (κ2) is 14.3. The maximum absolute atomic E-state index is 15.9. The molecule has 4 aromatic carbocycles. The predicted molar refractivity (Wildman–Crippen MR) is 192 cm³/mol. The van der Waals surface area contributed by atoms with Crippen molar-refractivity contribution >= 4 is 37.9 Å². The van der Waals surface area contributed by atoms with Crippen molar-refractivity contribution in [2.75, 3.05) is 19.8 Å².